The summed E-state index contributed by atoms with van der Waals surface area (Å²) >= 11 is 0. The molecule has 0 saturated heterocycles. The lowest BCUT2D eigenvalue weighted by atomic mass is 9.92. The van der Waals surface area contributed by atoms with Crippen LogP contribution in [-0.4, -0.2) is 17.4 Å². The number of ether oxygens (including phenoxy) is 1. The van der Waals surface area contributed by atoms with Crippen LogP contribution in [0, 0.1) is 0 Å². The minimum atomic E-state index is -4.44. The number of halogens is 3. The van der Waals surface area contributed by atoms with Gasteiger partial charge in [-0.2, -0.15) is 13.2 Å². The average molecular weight is 458 g/mol. The Morgan fingerprint density at radius 3 is 2.25 bits per heavy atom. The van der Waals surface area contributed by atoms with E-state index in [1.54, 1.807) is 18.2 Å². The molecule has 0 spiro atoms. The van der Waals surface area contributed by atoms with E-state index in [2.05, 4.69) is 4.72 Å². The van der Waals surface area contributed by atoms with Crippen LogP contribution in [0.2, 0.25) is 0 Å². The zero-order valence-corrected chi connectivity index (χ0v) is 18.6. The van der Waals surface area contributed by atoms with Crippen molar-refractivity contribution in [2.45, 2.75) is 31.0 Å². The molecule has 4 aromatic carbocycles. The first-order valence-corrected chi connectivity index (χ1v) is 11.2. The summed E-state index contributed by atoms with van der Waals surface area (Å²) in [6.45, 7) is 3.80. The first-order chi connectivity index (χ1) is 15.2. The molecule has 7 heteroatoms. The zero-order chi connectivity index (χ0) is 23.0. The molecule has 0 aliphatic heterocycles. The number of fused-ring (bicyclic) bond motifs is 2. The molecular weight excluding hydrogens is 435 g/mol. The van der Waals surface area contributed by atoms with Crippen LogP contribution in [0.25, 0.3) is 32.7 Å². The summed E-state index contributed by atoms with van der Waals surface area (Å²) in [6, 6.07) is 18.2. The van der Waals surface area contributed by atoms with Gasteiger partial charge in [-0.25, -0.2) is 8.93 Å². The van der Waals surface area contributed by atoms with Gasteiger partial charge in [0.05, 0.1) is 17.6 Å². The Labute approximate surface area is 186 Å². The van der Waals surface area contributed by atoms with Gasteiger partial charge in [0.1, 0.15) is 16.7 Å². The zero-order valence-electron chi connectivity index (χ0n) is 17.8. The molecule has 0 amide bonds. The van der Waals surface area contributed by atoms with Crippen LogP contribution in [-0.2, 0) is 17.2 Å². The van der Waals surface area contributed by atoms with Crippen molar-refractivity contribution in [1.82, 2.24) is 4.72 Å². The fourth-order valence-corrected chi connectivity index (χ4v) is 5.00. The van der Waals surface area contributed by atoms with Gasteiger partial charge in [-0.15, -0.1) is 0 Å². The Bertz CT molecular complexity index is 1330. The van der Waals surface area contributed by atoms with Gasteiger partial charge in [-0.05, 0) is 59.7 Å². The molecule has 0 heterocycles. The Balaban J connectivity index is 2.11. The van der Waals surface area contributed by atoms with Crippen molar-refractivity contribution in [1.29, 1.82) is 0 Å². The molecule has 0 aromatic heterocycles. The molecule has 1 N–H and O–H groups in total. The van der Waals surface area contributed by atoms with Gasteiger partial charge in [0.2, 0.25) is 0 Å². The van der Waals surface area contributed by atoms with Crippen LogP contribution in [0.3, 0.4) is 0 Å². The third kappa shape index (κ3) is 4.10. The van der Waals surface area contributed by atoms with Crippen LogP contribution >= 0.6 is 0 Å². The minimum absolute atomic E-state index is 0.0288. The van der Waals surface area contributed by atoms with Crippen molar-refractivity contribution in [3.63, 3.8) is 0 Å². The molecule has 0 aliphatic rings. The van der Waals surface area contributed by atoms with Crippen LogP contribution in [0.15, 0.2) is 71.6 Å². The highest BCUT2D eigenvalue weighted by atomic mass is 32.2. The summed E-state index contributed by atoms with van der Waals surface area (Å²) in [5.41, 5.74) is 0.575. The molecule has 3 nitrogen and oxygen atoms in total. The second-order valence-corrected chi connectivity index (χ2v) is 8.99. The van der Waals surface area contributed by atoms with E-state index in [1.807, 2.05) is 44.2 Å². The molecular formula is C25H22F3NO2S. The van der Waals surface area contributed by atoms with E-state index >= 15 is 0 Å². The average Bonchev–Trinajstić information content (AvgIpc) is 2.76. The number of hydrogen-bond acceptors (Lipinski definition) is 2. The molecule has 4 rings (SSSR count). The van der Waals surface area contributed by atoms with Gasteiger partial charge < -0.3 is 4.74 Å². The maximum atomic E-state index is 13.3. The molecule has 0 aliphatic carbocycles. The molecule has 32 heavy (non-hydrogen) atoms. The summed E-state index contributed by atoms with van der Waals surface area (Å²) in [6.07, 6.45) is -4.44. The quantitative estimate of drug-likeness (QED) is 0.362. The molecule has 0 radical (unpaired) electrons. The fraction of sp³-hybridized carbons (Fsp3) is 0.200. The van der Waals surface area contributed by atoms with Crippen LogP contribution in [0.4, 0.5) is 13.2 Å². The normalized spacial score (nSPS) is 13.1. The molecule has 0 fully saturated rings. The molecule has 1 unspecified atom stereocenters. The summed E-state index contributed by atoms with van der Waals surface area (Å²) in [5, 5.41) is 2.79. The first kappa shape index (κ1) is 22.3. The van der Waals surface area contributed by atoms with Crippen molar-refractivity contribution in [3.05, 3.63) is 72.3 Å². The number of hydrogen-bond donors (Lipinski definition) is 1. The largest absolute Gasteiger partial charge is 0.496 e. The van der Waals surface area contributed by atoms with Crippen molar-refractivity contribution in [2.75, 3.05) is 7.11 Å². The highest BCUT2D eigenvalue weighted by molar-refractivity contribution is 7.83. The summed E-state index contributed by atoms with van der Waals surface area (Å²) in [5.74, 6) is 0.497. The van der Waals surface area contributed by atoms with Gasteiger partial charge in [0.25, 0.3) is 0 Å². The Morgan fingerprint density at radius 1 is 0.875 bits per heavy atom. The van der Waals surface area contributed by atoms with E-state index in [0.29, 0.717) is 32.5 Å². The van der Waals surface area contributed by atoms with Crippen LogP contribution in [0.1, 0.15) is 19.4 Å². The lowest BCUT2D eigenvalue weighted by Crippen LogP contribution is -2.25. The van der Waals surface area contributed by atoms with Gasteiger partial charge >= 0.3 is 6.18 Å². The highest BCUT2D eigenvalue weighted by Gasteiger charge is 2.31. The fourth-order valence-electron chi connectivity index (χ4n) is 3.86. The monoisotopic (exact) mass is 457 g/mol. The predicted molar refractivity (Wildman–Crippen MR) is 123 cm³/mol. The van der Waals surface area contributed by atoms with E-state index in [-0.39, 0.29) is 6.04 Å². The number of benzene rings is 4. The third-order valence-electron chi connectivity index (χ3n) is 5.21. The van der Waals surface area contributed by atoms with E-state index in [4.69, 9.17) is 4.74 Å². The van der Waals surface area contributed by atoms with Crippen molar-refractivity contribution < 1.29 is 22.1 Å². The van der Waals surface area contributed by atoms with Crippen LogP contribution in [0.5, 0.6) is 5.75 Å². The van der Waals surface area contributed by atoms with E-state index in [1.165, 1.54) is 13.2 Å². The molecule has 1 atom stereocenters. The maximum Gasteiger partial charge on any atom is 0.416 e. The smallest absolute Gasteiger partial charge is 0.416 e. The Morgan fingerprint density at radius 2 is 1.56 bits per heavy atom. The Hall–Kier alpha value is -2.90. The van der Waals surface area contributed by atoms with Gasteiger partial charge in [-0.1, -0.05) is 42.5 Å². The number of alkyl halides is 3. The minimum Gasteiger partial charge on any atom is -0.496 e. The highest BCUT2D eigenvalue weighted by Crippen LogP contribution is 2.44. The lowest BCUT2D eigenvalue weighted by molar-refractivity contribution is -0.137. The third-order valence-corrected chi connectivity index (χ3v) is 6.64. The second kappa shape index (κ2) is 8.56. The van der Waals surface area contributed by atoms with E-state index in [9.17, 15) is 17.4 Å². The topological polar surface area (TPSA) is 38.3 Å². The SMILES string of the molecule is COc1ccc2cc(C(F)(F)F)ccc2c1-c1c(S(=O)NC(C)C)ccc2ccccc12. The van der Waals surface area contributed by atoms with Crippen molar-refractivity contribution in [3.8, 4) is 16.9 Å². The Kier molecular flexibility index (Phi) is 5.97. The van der Waals surface area contributed by atoms with Crippen LogP contribution < -0.4 is 9.46 Å². The number of methoxy groups -OCH3 is 1. The molecule has 0 bridgehead atoms. The number of nitrogens with one attached hydrogen (secondary N) is 1. The van der Waals surface area contributed by atoms with E-state index < -0.39 is 22.7 Å². The van der Waals surface area contributed by atoms with Crippen molar-refractivity contribution >= 4 is 32.5 Å². The molecule has 4 aromatic rings. The van der Waals surface area contributed by atoms with Gasteiger partial charge in [0, 0.05) is 17.2 Å². The molecule has 0 saturated carbocycles. The second-order valence-electron chi connectivity index (χ2n) is 7.78. The predicted octanol–water partition coefficient (Wildman–Crippen LogP) is 6.71. The molecule has 166 valence electrons. The van der Waals surface area contributed by atoms with Gasteiger partial charge in [0.15, 0.2) is 0 Å². The summed E-state index contributed by atoms with van der Waals surface area (Å²) in [7, 11) is -0.0220. The van der Waals surface area contributed by atoms with Crippen molar-refractivity contribution in [2.24, 2.45) is 0 Å². The standard InChI is InChI=1S/C25H22F3NO2S/c1-15(2)29-32(30)22-13-9-16-6-4-5-7-19(16)24(22)23-20-11-10-18(25(26,27)28)14-17(20)8-12-21(23)31-3/h4-15,29H,1-3H3. The first-order valence-electron chi connectivity index (χ1n) is 10.1. The lowest BCUT2D eigenvalue weighted by Gasteiger charge is -2.19. The summed E-state index contributed by atoms with van der Waals surface area (Å²) in [4.78, 5) is 0.545. The van der Waals surface area contributed by atoms with Gasteiger partial charge in [-0.3, -0.25) is 0 Å². The van der Waals surface area contributed by atoms with E-state index in [0.717, 1.165) is 22.9 Å². The summed E-state index contributed by atoms with van der Waals surface area (Å²) < 4.78 is 61.8. The number of rotatable bonds is 5. The maximum absolute atomic E-state index is 13.3.